The van der Waals surface area contributed by atoms with Crippen LogP contribution in [0.4, 0.5) is 0 Å². The molecule has 1 unspecified atom stereocenters. The molecule has 1 fully saturated rings. The molecule has 0 radical (unpaired) electrons. The summed E-state index contributed by atoms with van der Waals surface area (Å²) in [6.07, 6.45) is 7.56. The Balaban J connectivity index is 1.94. The highest BCUT2D eigenvalue weighted by atomic mass is 15.0. The molecule has 2 heteroatoms. The van der Waals surface area contributed by atoms with E-state index in [0.717, 1.165) is 0 Å². The van der Waals surface area contributed by atoms with E-state index in [-0.39, 0.29) is 0 Å². The average molecular weight is 198 g/mol. The van der Waals surface area contributed by atoms with E-state index in [4.69, 9.17) is 0 Å². The molecule has 2 aliphatic heterocycles. The monoisotopic (exact) mass is 198 g/mol. The highest BCUT2D eigenvalue weighted by Crippen LogP contribution is 2.42. The first-order chi connectivity index (χ1) is 7.42. The quantitative estimate of drug-likeness (QED) is 0.659. The highest BCUT2D eigenvalue weighted by Gasteiger charge is 2.33. The molecule has 1 aromatic heterocycles. The maximum atomic E-state index is 3.66. The Kier molecular flexibility index (Phi) is 1.34. The molecule has 3 aliphatic rings. The zero-order valence-electron chi connectivity index (χ0n) is 8.64. The second kappa shape index (κ2) is 2.57. The lowest BCUT2D eigenvalue weighted by atomic mass is 9.88. The van der Waals surface area contributed by atoms with Gasteiger partial charge in [-0.3, -0.25) is 0 Å². The van der Waals surface area contributed by atoms with E-state index in [1.165, 1.54) is 48.3 Å². The molecule has 0 aromatic carbocycles. The minimum Gasteiger partial charge on any atom is -0.378 e. The van der Waals surface area contributed by atoms with Gasteiger partial charge in [-0.15, -0.1) is 0 Å². The van der Waals surface area contributed by atoms with Crippen molar-refractivity contribution in [1.29, 1.82) is 0 Å². The molecule has 15 heavy (non-hydrogen) atoms. The summed E-state index contributed by atoms with van der Waals surface area (Å²) in [4.78, 5) is 3.44. The summed E-state index contributed by atoms with van der Waals surface area (Å²) in [5, 5.41) is 3.66. The van der Waals surface area contributed by atoms with Gasteiger partial charge in [0.25, 0.3) is 0 Å². The normalized spacial score (nSPS) is 26.9. The Morgan fingerprint density at radius 1 is 1.20 bits per heavy atom. The predicted molar refractivity (Wildman–Crippen MR) is 61.1 cm³/mol. The van der Waals surface area contributed by atoms with Gasteiger partial charge in [0, 0.05) is 28.7 Å². The van der Waals surface area contributed by atoms with Crippen molar-refractivity contribution < 1.29 is 0 Å². The van der Waals surface area contributed by atoms with Crippen molar-refractivity contribution in [2.75, 3.05) is 0 Å². The standard InChI is InChI=1S/C13H14N2/c1-2-4-10-9(3-1)13-11-6-5-8(14-11)7-12(13)15-10/h5-7,10,14-15H,1-4H2. The molecule has 1 aromatic rings. The summed E-state index contributed by atoms with van der Waals surface area (Å²) in [5.41, 5.74) is 7.01. The van der Waals surface area contributed by atoms with E-state index >= 15 is 0 Å². The second-order valence-corrected chi connectivity index (χ2v) is 4.73. The lowest BCUT2D eigenvalue weighted by Crippen LogP contribution is -2.26. The molecule has 1 saturated carbocycles. The van der Waals surface area contributed by atoms with Crippen LogP contribution in [0.2, 0.25) is 0 Å². The fourth-order valence-electron chi connectivity index (χ4n) is 3.13. The number of rotatable bonds is 0. The highest BCUT2D eigenvalue weighted by molar-refractivity contribution is 5.90. The van der Waals surface area contributed by atoms with Crippen LogP contribution in [0.25, 0.3) is 11.6 Å². The molecule has 0 amide bonds. The smallest absolute Gasteiger partial charge is 0.0484 e. The molecule has 2 nitrogen and oxygen atoms in total. The van der Waals surface area contributed by atoms with Crippen LogP contribution in [0.15, 0.2) is 23.4 Å². The minimum absolute atomic E-state index is 0.627. The molecule has 0 saturated heterocycles. The molecule has 4 rings (SSSR count). The molecule has 1 aliphatic carbocycles. The summed E-state index contributed by atoms with van der Waals surface area (Å²) in [6, 6.07) is 5.00. The molecule has 3 heterocycles. The minimum atomic E-state index is 0.627. The number of fused-ring (bicyclic) bond motifs is 5. The zero-order chi connectivity index (χ0) is 9.83. The van der Waals surface area contributed by atoms with Gasteiger partial charge in [0.2, 0.25) is 0 Å². The van der Waals surface area contributed by atoms with Crippen molar-refractivity contribution >= 4 is 11.6 Å². The van der Waals surface area contributed by atoms with Crippen LogP contribution in [0, 0.1) is 0 Å². The van der Waals surface area contributed by atoms with Gasteiger partial charge in [0.15, 0.2) is 0 Å². The van der Waals surface area contributed by atoms with E-state index in [9.17, 15) is 0 Å². The first-order valence-corrected chi connectivity index (χ1v) is 5.83. The fourth-order valence-corrected chi connectivity index (χ4v) is 3.13. The maximum Gasteiger partial charge on any atom is 0.0484 e. The molecular formula is C13H14N2. The molecule has 2 bridgehead atoms. The lowest BCUT2D eigenvalue weighted by molar-refractivity contribution is 0.507. The second-order valence-electron chi connectivity index (χ2n) is 4.73. The van der Waals surface area contributed by atoms with E-state index in [0.29, 0.717) is 6.04 Å². The summed E-state index contributed by atoms with van der Waals surface area (Å²) in [7, 11) is 0. The van der Waals surface area contributed by atoms with Crippen molar-refractivity contribution in [2.45, 2.75) is 31.7 Å². The third kappa shape index (κ3) is 0.942. The van der Waals surface area contributed by atoms with Crippen LogP contribution in [-0.4, -0.2) is 11.0 Å². The first kappa shape index (κ1) is 7.80. The largest absolute Gasteiger partial charge is 0.378 e. The fraction of sp³-hybridized carbons (Fsp3) is 0.385. The molecule has 2 N–H and O–H groups in total. The van der Waals surface area contributed by atoms with Crippen LogP contribution in [0.3, 0.4) is 0 Å². The number of nitrogens with one attached hydrogen (secondary N) is 2. The maximum absolute atomic E-state index is 3.66. The number of allylic oxidation sites excluding steroid dienone is 1. The van der Waals surface area contributed by atoms with Gasteiger partial charge in [-0.1, -0.05) is 6.42 Å². The SMILES string of the molecule is C1=C2NC3CCCCC3=C2c2ccc1[nH]2. The Labute approximate surface area is 89.1 Å². The van der Waals surface area contributed by atoms with Gasteiger partial charge >= 0.3 is 0 Å². The van der Waals surface area contributed by atoms with Crippen molar-refractivity contribution in [3.63, 3.8) is 0 Å². The zero-order valence-corrected chi connectivity index (χ0v) is 8.64. The van der Waals surface area contributed by atoms with Gasteiger partial charge in [0.1, 0.15) is 0 Å². The number of hydrogen-bond acceptors (Lipinski definition) is 1. The Hall–Kier alpha value is -1.44. The lowest BCUT2D eigenvalue weighted by Gasteiger charge is -2.20. The third-order valence-corrected chi connectivity index (χ3v) is 3.81. The van der Waals surface area contributed by atoms with Crippen molar-refractivity contribution in [1.82, 2.24) is 10.3 Å². The van der Waals surface area contributed by atoms with E-state index in [2.05, 4.69) is 28.5 Å². The molecule has 1 atom stereocenters. The molecular weight excluding hydrogens is 184 g/mol. The number of H-pyrrole nitrogens is 1. The van der Waals surface area contributed by atoms with Crippen LogP contribution in [-0.2, 0) is 0 Å². The topological polar surface area (TPSA) is 27.8 Å². The van der Waals surface area contributed by atoms with Crippen LogP contribution >= 0.6 is 0 Å². The Bertz CT molecular complexity index is 490. The van der Waals surface area contributed by atoms with E-state index in [1.54, 1.807) is 5.57 Å². The third-order valence-electron chi connectivity index (χ3n) is 3.81. The molecule has 0 spiro atoms. The average Bonchev–Trinajstić information content (AvgIpc) is 2.80. The first-order valence-electron chi connectivity index (χ1n) is 5.83. The predicted octanol–water partition coefficient (Wildman–Crippen LogP) is 2.67. The number of aromatic nitrogens is 1. The van der Waals surface area contributed by atoms with E-state index < -0.39 is 0 Å². The van der Waals surface area contributed by atoms with Crippen LogP contribution in [0.1, 0.15) is 37.1 Å². The van der Waals surface area contributed by atoms with Gasteiger partial charge in [-0.2, -0.15) is 0 Å². The number of hydrogen-bond donors (Lipinski definition) is 2. The Morgan fingerprint density at radius 2 is 2.20 bits per heavy atom. The molecule has 76 valence electrons. The van der Waals surface area contributed by atoms with Crippen LogP contribution in [0.5, 0.6) is 0 Å². The summed E-state index contributed by atoms with van der Waals surface area (Å²) < 4.78 is 0. The summed E-state index contributed by atoms with van der Waals surface area (Å²) >= 11 is 0. The van der Waals surface area contributed by atoms with Gasteiger partial charge in [0.05, 0.1) is 0 Å². The van der Waals surface area contributed by atoms with Crippen LogP contribution < -0.4 is 5.32 Å². The van der Waals surface area contributed by atoms with Crippen molar-refractivity contribution in [3.05, 3.63) is 34.8 Å². The summed E-state index contributed by atoms with van der Waals surface area (Å²) in [5.74, 6) is 0. The van der Waals surface area contributed by atoms with E-state index in [1.807, 2.05) is 0 Å². The van der Waals surface area contributed by atoms with Crippen molar-refractivity contribution in [3.8, 4) is 0 Å². The van der Waals surface area contributed by atoms with Gasteiger partial charge in [-0.05, 0) is 43.0 Å². The van der Waals surface area contributed by atoms with Gasteiger partial charge < -0.3 is 10.3 Å². The van der Waals surface area contributed by atoms with Gasteiger partial charge in [-0.25, -0.2) is 0 Å². The summed E-state index contributed by atoms with van der Waals surface area (Å²) in [6.45, 7) is 0. The number of aromatic amines is 1. The Morgan fingerprint density at radius 3 is 3.20 bits per heavy atom. The van der Waals surface area contributed by atoms with Crippen molar-refractivity contribution in [2.24, 2.45) is 0 Å².